The molecule has 5 aromatic rings. The third kappa shape index (κ3) is 5.81. The van der Waals surface area contributed by atoms with Crippen molar-refractivity contribution in [1.82, 2.24) is 10.6 Å². The van der Waals surface area contributed by atoms with Crippen LogP contribution in [0.15, 0.2) is 96.6 Å². The molecule has 0 amide bonds. The zero-order valence-electron chi connectivity index (χ0n) is 31.3. The zero-order valence-corrected chi connectivity index (χ0v) is 32.1. The van der Waals surface area contributed by atoms with Gasteiger partial charge in [0.1, 0.15) is 5.66 Å². The molecule has 2 heterocycles. The van der Waals surface area contributed by atoms with Crippen LogP contribution < -0.4 is 15.5 Å². The Morgan fingerprint density at radius 2 is 1.58 bits per heavy atom. The summed E-state index contributed by atoms with van der Waals surface area (Å²) in [6.07, 6.45) is 9.70. The minimum absolute atomic E-state index is 0.00650. The number of Topliss-reactive ketones (excluding diaryl/α,β-unsaturated/α-hetero) is 2. The van der Waals surface area contributed by atoms with Crippen molar-refractivity contribution in [3.05, 3.63) is 135 Å². The van der Waals surface area contributed by atoms with E-state index >= 15 is 0 Å². The van der Waals surface area contributed by atoms with Gasteiger partial charge in [0.15, 0.2) is 11.6 Å². The molecule has 3 aliphatic carbocycles. The van der Waals surface area contributed by atoms with Crippen molar-refractivity contribution in [2.45, 2.75) is 76.4 Å². The van der Waals surface area contributed by atoms with Gasteiger partial charge in [-0.3, -0.25) is 20.2 Å². The van der Waals surface area contributed by atoms with Gasteiger partial charge in [0.25, 0.3) is 0 Å². The first-order valence-corrected chi connectivity index (χ1v) is 20.6. The van der Waals surface area contributed by atoms with Crippen LogP contribution in [0.25, 0.3) is 27.6 Å². The molecule has 1 fully saturated rings. The van der Waals surface area contributed by atoms with Gasteiger partial charge in [0, 0.05) is 44.2 Å². The smallest absolute Gasteiger partial charge is 0.335 e. The summed E-state index contributed by atoms with van der Waals surface area (Å²) in [7, 11) is 0. The number of anilines is 2. The molecule has 4 aromatic carbocycles. The van der Waals surface area contributed by atoms with Crippen LogP contribution >= 0.6 is 11.3 Å². The highest BCUT2D eigenvalue weighted by molar-refractivity contribution is 7.16. The number of rotatable bonds is 12. The summed E-state index contributed by atoms with van der Waals surface area (Å²) in [4.78, 5) is 42.3. The van der Waals surface area contributed by atoms with Crippen LogP contribution in [0.1, 0.15) is 117 Å². The van der Waals surface area contributed by atoms with Crippen molar-refractivity contribution < 1.29 is 19.5 Å². The molecule has 4 aliphatic rings. The lowest BCUT2D eigenvalue weighted by Crippen LogP contribution is -2.54. The third-order valence-electron chi connectivity index (χ3n) is 12.1. The number of allylic oxidation sites excluding steroid dienone is 1. The number of aromatic carboxylic acids is 1. The van der Waals surface area contributed by atoms with Crippen molar-refractivity contribution in [1.29, 1.82) is 0 Å². The average Bonchev–Trinajstić information content (AvgIpc) is 4.02. The Morgan fingerprint density at radius 1 is 0.818 bits per heavy atom. The van der Waals surface area contributed by atoms with Gasteiger partial charge in [-0.05, 0) is 133 Å². The Labute approximate surface area is 326 Å². The fourth-order valence-electron chi connectivity index (χ4n) is 9.43. The Hall–Kier alpha value is -5.15. The Morgan fingerprint density at radius 3 is 2.36 bits per heavy atom. The summed E-state index contributed by atoms with van der Waals surface area (Å²) < 4.78 is 0. The monoisotopic (exact) mass is 747 g/mol. The number of hydrogen-bond acceptors (Lipinski definition) is 7. The normalized spacial score (nSPS) is 19.5. The zero-order chi connectivity index (χ0) is 37.8. The second-order valence-electron chi connectivity index (χ2n) is 15.3. The summed E-state index contributed by atoms with van der Waals surface area (Å²) in [6.45, 7) is 6.38. The van der Waals surface area contributed by atoms with E-state index < -0.39 is 17.4 Å². The maximum absolute atomic E-state index is 13.2. The number of carbonyl (C=O) groups is 3. The van der Waals surface area contributed by atoms with E-state index in [2.05, 4.69) is 96.1 Å². The molecule has 1 aromatic heterocycles. The fraction of sp³-hybridized carbons (Fsp3) is 0.298. The highest BCUT2D eigenvalue weighted by atomic mass is 32.1. The van der Waals surface area contributed by atoms with Crippen molar-refractivity contribution >= 4 is 46.3 Å². The molecule has 1 aliphatic heterocycles. The molecular formula is C47H45N3O4S. The molecule has 278 valence electrons. The average molecular weight is 748 g/mol. The van der Waals surface area contributed by atoms with E-state index in [0.717, 1.165) is 66.9 Å². The van der Waals surface area contributed by atoms with Crippen LogP contribution in [-0.2, 0) is 5.66 Å². The maximum atomic E-state index is 13.2. The number of carboxylic acids is 1. The van der Waals surface area contributed by atoms with E-state index in [0.29, 0.717) is 12.0 Å². The van der Waals surface area contributed by atoms with E-state index in [-0.39, 0.29) is 28.0 Å². The predicted octanol–water partition coefficient (Wildman–Crippen LogP) is 10.3. The lowest BCUT2D eigenvalue weighted by molar-refractivity contribution is 0.0696. The second kappa shape index (κ2) is 14.2. The number of carbonyl (C=O) groups excluding carboxylic acids is 2. The molecule has 9 rings (SSSR count). The summed E-state index contributed by atoms with van der Waals surface area (Å²) in [5.74, 6) is -1.47. The SMILES string of the molecule is CCCCNC1(NCCCC)c2ccccc2-c2cc(N3c4ccc(-c5ccc(/C=C6\C(=O)c7ccc(C(=O)O)cc7C6=O)s5)cc4C4CCCC43)ccc21. The van der Waals surface area contributed by atoms with Crippen LogP contribution in [-0.4, -0.2) is 41.8 Å². The molecule has 0 saturated heterocycles. The molecular weight excluding hydrogens is 703 g/mol. The topological polar surface area (TPSA) is 98.7 Å². The van der Waals surface area contributed by atoms with Gasteiger partial charge in [-0.15, -0.1) is 11.3 Å². The minimum Gasteiger partial charge on any atom is -0.478 e. The molecule has 55 heavy (non-hydrogen) atoms. The number of ketones is 2. The summed E-state index contributed by atoms with van der Waals surface area (Å²) >= 11 is 1.55. The maximum Gasteiger partial charge on any atom is 0.335 e. The van der Waals surface area contributed by atoms with Gasteiger partial charge in [-0.1, -0.05) is 69.5 Å². The first-order chi connectivity index (χ1) is 26.8. The number of carboxylic acid groups (broad SMARTS) is 1. The van der Waals surface area contributed by atoms with Crippen LogP contribution in [0, 0.1) is 0 Å². The fourth-order valence-corrected chi connectivity index (χ4v) is 10.4. The molecule has 2 unspecified atom stereocenters. The van der Waals surface area contributed by atoms with Crippen LogP contribution in [0.4, 0.5) is 11.4 Å². The lowest BCUT2D eigenvalue weighted by Gasteiger charge is -2.35. The Bertz CT molecular complexity index is 2400. The molecule has 8 heteroatoms. The van der Waals surface area contributed by atoms with E-state index in [1.807, 2.05) is 6.07 Å². The predicted molar refractivity (Wildman–Crippen MR) is 221 cm³/mol. The number of unbranched alkanes of at least 4 members (excludes halogenated alkanes) is 2. The summed E-state index contributed by atoms with van der Waals surface area (Å²) in [5, 5.41) is 17.4. The summed E-state index contributed by atoms with van der Waals surface area (Å²) in [6, 6.07) is 31.4. The van der Waals surface area contributed by atoms with Gasteiger partial charge in [0.2, 0.25) is 0 Å². The lowest BCUT2D eigenvalue weighted by atomic mass is 9.95. The van der Waals surface area contributed by atoms with Crippen molar-refractivity contribution in [3.8, 4) is 21.6 Å². The van der Waals surface area contributed by atoms with Crippen LogP contribution in [0.3, 0.4) is 0 Å². The largest absolute Gasteiger partial charge is 0.478 e. The minimum atomic E-state index is -1.13. The number of thiophene rings is 1. The standard InChI is InChI=1S/C47H45N3O4S/c1-3-5-22-48-47(49-23-6-4-2)39-12-8-7-10-32(39)35-26-30(16-19-40(35)47)50-41-13-9-11-33(41)36-24-28(15-20-42(36)50)43-21-17-31(55-43)27-38-44(51)34-18-14-29(46(53)54)25-37(34)45(38)52/h7-8,10,12,14-21,24-27,33,41,48-49H,3-6,9,11,13,22-23H2,1-2H3,(H,53,54)/b38-27+. The van der Waals surface area contributed by atoms with Crippen LogP contribution in [0.2, 0.25) is 0 Å². The van der Waals surface area contributed by atoms with Crippen LogP contribution in [0.5, 0.6) is 0 Å². The highest BCUT2D eigenvalue weighted by Gasteiger charge is 2.45. The Kier molecular flexibility index (Phi) is 9.16. The third-order valence-corrected chi connectivity index (χ3v) is 13.2. The van der Waals surface area contributed by atoms with Gasteiger partial charge in [-0.2, -0.15) is 0 Å². The van der Waals surface area contributed by atoms with Gasteiger partial charge >= 0.3 is 5.97 Å². The summed E-state index contributed by atoms with van der Waals surface area (Å²) in [5.41, 5.74) is 10.3. The highest BCUT2D eigenvalue weighted by Crippen LogP contribution is 2.55. The van der Waals surface area contributed by atoms with E-state index in [4.69, 9.17) is 0 Å². The molecule has 7 nitrogen and oxygen atoms in total. The number of nitrogens with zero attached hydrogens (tertiary/aromatic N) is 1. The first-order valence-electron chi connectivity index (χ1n) is 19.8. The second-order valence-corrected chi connectivity index (χ2v) is 16.4. The van der Waals surface area contributed by atoms with E-state index in [1.165, 1.54) is 63.8 Å². The molecule has 0 bridgehead atoms. The van der Waals surface area contributed by atoms with Gasteiger partial charge in [-0.25, -0.2) is 4.79 Å². The molecule has 0 spiro atoms. The number of hydrogen-bond donors (Lipinski definition) is 3. The van der Waals surface area contributed by atoms with E-state index in [1.54, 1.807) is 17.4 Å². The molecule has 1 saturated carbocycles. The van der Waals surface area contributed by atoms with Crippen molar-refractivity contribution in [2.24, 2.45) is 0 Å². The first kappa shape index (κ1) is 35.5. The van der Waals surface area contributed by atoms with Crippen molar-refractivity contribution in [3.63, 3.8) is 0 Å². The molecule has 2 atom stereocenters. The Balaban J connectivity index is 1.04. The number of benzene rings is 4. The number of fused-ring (bicyclic) bond motifs is 7. The van der Waals surface area contributed by atoms with Gasteiger partial charge < -0.3 is 10.0 Å². The van der Waals surface area contributed by atoms with Crippen molar-refractivity contribution in [2.75, 3.05) is 18.0 Å². The van der Waals surface area contributed by atoms with Gasteiger partial charge in [0.05, 0.1) is 11.1 Å². The molecule has 3 N–H and O–H groups in total. The molecule has 0 radical (unpaired) electrons. The quantitative estimate of drug-likeness (QED) is 0.0506. The number of nitrogens with one attached hydrogen (secondary N) is 2. The van der Waals surface area contributed by atoms with E-state index in [9.17, 15) is 19.5 Å².